The highest BCUT2D eigenvalue weighted by atomic mass is 79.9. The molecule has 0 fully saturated rings. The molecule has 0 saturated carbocycles. The molecule has 0 spiro atoms. The van der Waals surface area contributed by atoms with Crippen molar-refractivity contribution in [2.75, 3.05) is 5.43 Å². The van der Waals surface area contributed by atoms with Gasteiger partial charge in [0, 0.05) is 4.47 Å². The van der Waals surface area contributed by atoms with Gasteiger partial charge in [0.15, 0.2) is 5.58 Å². The molecule has 3 rings (SSSR count). The van der Waals surface area contributed by atoms with Gasteiger partial charge in [-0.2, -0.15) is 10.1 Å². The predicted molar refractivity (Wildman–Crippen MR) is 79.4 cm³/mol. The Morgan fingerprint density at radius 1 is 1.11 bits per heavy atom. The van der Waals surface area contributed by atoms with E-state index in [-0.39, 0.29) is 0 Å². The van der Waals surface area contributed by atoms with Crippen LogP contribution >= 0.6 is 15.9 Å². The van der Waals surface area contributed by atoms with Gasteiger partial charge >= 0.3 is 6.01 Å². The van der Waals surface area contributed by atoms with E-state index in [0.717, 1.165) is 21.1 Å². The Kier molecular flexibility index (Phi) is 3.29. The quantitative estimate of drug-likeness (QED) is 0.586. The summed E-state index contributed by atoms with van der Waals surface area (Å²) in [5.74, 6) is 0. The van der Waals surface area contributed by atoms with Crippen molar-refractivity contribution in [2.45, 2.75) is 0 Å². The number of hydrazone groups is 1. The molecule has 0 radical (unpaired) electrons. The predicted octanol–water partition coefficient (Wildman–Crippen LogP) is 4.04. The topological polar surface area (TPSA) is 50.4 Å². The first-order valence-corrected chi connectivity index (χ1v) is 6.51. The fourth-order valence-corrected chi connectivity index (χ4v) is 1.90. The molecule has 0 unspecified atom stereocenters. The zero-order chi connectivity index (χ0) is 13.1. The number of nitrogens with one attached hydrogen (secondary N) is 1. The highest BCUT2D eigenvalue weighted by Crippen LogP contribution is 2.17. The van der Waals surface area contributed by atoms with Gasteiger partial charge < -0.3 is 4.42 Å². The van der Waals surface area contributed by atoms with Gasteiger partial charge in [-0.25, -0.2) is 5.43 Å². The van der Waals surface area contributed by atoms with E-state index in [4.69, 9.17) is 4.42 Å². The lowest BCUT2D eigenvalue weighted by Gasteiger charge is -1.94. The average molecular weight is 316 g/mol. The minimum absolute atomic E-state index is 0.384. The molecule has 0 atom stereocenters. The molecular formula is C14H10BrN3O. The minimum Gasteiger partial charge on any atom is -0.422 e. The molecule has 3 aromatic rings. The Hall–Kier alpha value is -2.14. The van der Waals surface area contributed by atoms with Gasteiger partial charge in [0.05, 0.1) is 6.21 Å². The van der Waals surface area contributed by atoms with Gasteiger partial charge in [-0.1, -0.05) is 40.2 Å². The summed E-state index contributed by atoms with van der Waals surface area (Å²) in [5, 5.41) is 4.09. The summed E-state index contributed by atoms with van der Waals surface area (Å²) in [6, 6.07) is 15.8. The Morgan fingerprint density at radius 2 is 1.89 bits per heavy atom. The molecule has 94 valence electrons. The van der Waals surface area contributed by atoms with Crippen LogP contribution in [0.2, 0.25) is 0 Å². The third kappa shape index (κ3) is 2.82. The molecule has 0 amide bonds. The second kappa shape index (κ2) is 5.24. The van der Waals surface area contributed by atoms with Crippen molar-refractivity contribution < 1.29 is 4.42 Å². The molecule has 0 aliphatic heterocycles. The Labute approximate surface area is 118 Å². The molecule has 4 nitrogen and oxygen atoms in total. The van der Waals surface area contributed by atoms with Crippen LogP contribution in [0.25, 0.3) is 11.1 Å². The van der Waals surface area contributed by atoms with Crippen molar-refractivity contribution in [3.8, 4) is 0 Å². The fraction of sp³-hybridized carbons (Fsp3) is 0. The number of nitrogens with zero attached hydrogens (tertiary/aromatic N) is 2. The number of para-hydroxylation sites is 2. The zero-order valence-electron chi connectivity index (χ0n) is 9.88. The molecule has 0 aliphatic rings. The fourth-order valence-electron chi connectivity index (χ4n) is 1.63. The molecule has 1 N–H and O–H groups in total. The number of anilines is 1. The van der Waals surface area contributed by atoms with Crippen molar-refractivity contribution >= 4 is 39.3 Å². The summed E-state index contributed by atoms with van der Waals surface area (Å²) in [4.78, 5) is 4.26. The molecule has 0 saturated heterocycles. The van der Waals surface area contributed by atoms with Crippen LogP contribution in [-0.4, -0.2) is 11.2 Å². The molecular weight excluding hydrogens is 306 g/mol. The second-order valence-electron chi connectivity index (χ2n) is 3.91. The zero-order valence-corrected chi connectivity index (χ0v) is 11.5. The molecule has 1 aromatic heterocycles. The van der Waals surface area contributed by atoms with Crippen LogP contribution in [0.5, 0.6) is 0 Å². The molecule has 1 heterocycles. The Bertz CT molecular complexity index is 686. The van der Waals surface area contributed by atoms with Crippen molar-refractivity contribution in [1.82, 2.24) is 4.98 Å². The van der Waals surface area contributed by atoms with E-state index in [1.54, 1.807) is 6.21 Å². The summed E-state index contributed by atoms with van der Waals surface area (Å²) in [5.41, 5.74) is 5.32. The molecule has 19 heavy (non-hydrogen) atoms. The van der Waals surface area contributed by atoms with Gasteiger partial charge in [-0.15, -0.1) is 0 Å². The Morgan fingerprint density at radius 3 is 2.68 bits per heavy atom. The monoisotopic (exact) mass is 315 g/mol. The van der Waals surface area contributed by atoms with E-state index in [2.05, 4.69) is 31.4 Å². The van der Waals surface area contributed by atoms with Crippen LogP contribution in [0.15, 0.2) is 62.5 Å². The van der Waals surface area contributed by atoms with E-state index in [1.165, 1.54) is 0 Å². The molecule has 5 heteroatoms. The van der Waals surface area contributed by atoms with Crippen LogP contribution in [0.4, 0.5) is 6.01 Å². The standard InChI is InChI=1S/C14H10BrN3O/c15-11-7-5-10(6-8-11)9-16-18-14-17-12-3-1-2-4-13(12)19-14/h1-9H,(H,17,18). The lowest BCUT2D eigenvalue weighted by atomic mass is 10.2. The lowest BCUT2D eigenvalue weighted by molar-refractivity contribution is 0.617. The van der Waals surface area contributed by atoms with E-state index in [1.807, 2.05) is 48.5 Å². The normalized spacial score (nSPS) is 11.2. The first-order valence-electron chi connectivity index (χ1n) is 5.71. The Balaban J connectivity index is 1.73. The number of oxazole rings is 1. The van der Waals surface area contributed by atoms with Gasteiger partial charge in [0.1, 0.15) is 5.52 Å². The SMILES string of the molecule is Brc1ccc(C=NNc2nc3ccccc3o2)cc1. The summed E-state index contributed by atoms with van der Waals surface area (Å²) in [6.45, 7) is 0. The third-order valence-corrected chi connectivity index (χ3v) is 3.07. The van der Waals surface area contributed by atoms with E-state index in [9.17, 15) is 0 Å². The van der Waals surface area contributed by atoms with E-state index < -0.39 is 0 Å². The summed E-state index contributed by atoms with van der Waals surface area (Å²) >= 11 is 3.38. The second-order valence-corrected chi connectivity index (χ2v) is 4.82. The number of hydrogen-bond donors (Lipinski definition) is 1. The number of aromatic nitrogens is 1. The van der Waals surface area contributed by atoms with Gasteiger partial charge in [0.25, 0.3) is 0 Å². The highest BCUT2D eigenvalue weighted by molar-refractivity contribution is 9.10. The first kappa shape index (κ1) is 11.9. The summed E-state index contributed by atoms with van der Waals surface area (Å²) in [6.07, 6.45) is 1.71. The van der Waals surface area contributed by atoms with Crippen LogP contribution < -0.4 is 5.43 Å². The third-order valence-electron chi connectivity index (χ3n) is 2.54. The first-order chi connectivity index (χ1) is 9.31. The molecule has 0 aliphatic carbocycles. The van der Waals surface area contributed by atoms with Gasteiger partial charge in [-0.3, -0.25) is 0 Å². The van der Waals surface area contributed by atoms with Crippen LogP contribution in [0.3, 0.4) is 0 Å². The number of rotatable bonds is 3. The van der Waals surface area contributed by atoms with Crippen LogP contribution in [0, 0.1) is 0 Å². The van der Waals surface area contributed by atoms with Crippen LogP contribution in [0.1, 0.15) is 5.56 Å². The number of hydrogen-bond acceptors (Lipinski definition) is 4. The molecule has 0 bridgehead atoms. The number of benzene rings is 2. The maximum absolute atomic E-state index is 5.48. The minimum atomic E-state index is 0.384. The van der Waals surface area contributed by atoms with Crippen LogP contribution in [-0.2, 0) is 0 Å². The lowest BCUT2D eigenvalue weighted by Crippen LogP contribution is -1.90. The number of fused-ring (bicyclic) bond motifs is 1. The number of halogens is 1. The van der Waals surface area contributed by atoms with E-state index in [0.29, 0.717) is 6.01 Å². The van der Waals surface area contributed by atoms with Gasteiger partial charge in [-0.05, 0) is 29.8 Å². The largest absolute Gasteiger partial charge is 0.422 e. The average Bonchev–Trinajstić information content (AvgIpc) is 2.83. The van der Waals surface area contributed by atoms with Crippen molar-refractivity contribution in [3.63, 3.8) is 0 Å². The van der Waals surface area contributed by atoms with Crippen molar-refractivity contribution in [2.24, 2.45) is 5.10 Å². The van der Waals surface area contributed by atoms with E-state index >= 15 is 0 Å². The highest BCUT2D eigenvalue weighted by Gasteiger charge is 2.02. The molecule has 2 aromatic carbocycles. The maximum Gasteiger partial charge on any atom is 0.316 e. The van der Waals surface area contributed by atoms with Gasteiger partial charge in [0.2, 0.25) is 0 Å². The summed E-state index contributed by atoms with van der Waals surface area (Å²) < 4.78 is 6.52. The maximum atomic E-state index is 5.48. The van der Waals surface area contributed by atoms with Crippen molar-refractivity contribution in [1.29, 1.82) is 0 Å². The smallest absolute Gasteiger partial charge is 0.316 e. The summed E-state index contributed by atoms with van der Waals surface area (Å²) in [7, 11) is 0. The van der Waals surface area contributed by atoms with Crippen molar-refractivity contribution in [3.05, 3.63) is 58.6 Å².